The number of benzene rings is 1. The molecule has 1 aliphatic rings. The Labute approximate surface area is 116 Å². The van der Waals surface area contributed by atoms with E-state index in [-0.39, 0.29) is 5.56 Å². The van der Waals surface area contributed by atoms with Gasteiger partial charge < -0.3 is 5.73 Å². The molecule has 1 fully saturated rings. The molecule has 1 heterocycles. The van der Waals surface area contributed by atoms with E-state index in [1.54, 1.807) is 24.4 Å². The minimum atomic E-state index is -0.838. The number of hydrogen-bond acceptors (Lipinski definition) is 2. The van der Waals surface area contributed by atoms with E-state index in [4.69, 9.17) is 5.73 Å². The van der Waals surface area contributed by atoms with Crippen molar-refractivity contribution in [3.05, 3.63) is 65.2 Å². The Morgan fingerprint density at radius 3 is 2.70 bits per heavy atom. The first-order valence-electron chi connectivity index (χ1n) is 6.66. The standard InChI is InChI=1S/C16H15FN2O/c17-13-4-2-1-3-12(13)15(16(18)20)14-9-11(7-8-19-14)10-5-6-10/h1-4,7-10,15H,5-6H2,(H2,18,20). The highest BCUT2D eigenvalue weighted by atomic mass is 19.1. The molecular weight excluding hydrogens is 255 g/mol. The fraction of sp³-hybridized carbons (Fsp3) is 0.250. The number of aromatic nitrogens is 1. The molecule has 102 valence electrons. The van der Waals surface area contributed by atoms with Crippen LogP contribution in [0, 0.1) is 5.82 Å². The van der Waals surface area contributed by atoms with Crippen LogP contribution in [-0.4, -0.2) is 10.9 Å². The van der Waals surface area contributed by atoms with Crippen molar-refractivity contribution in [2.24, 2.45) is 5.73 Å². The quantitative estimate of drug-likeness (QED) is 0.928. The van der Waals surface area contributed by atoms with Gasteiger partial charge in [-0.2, -0.15) is 0 Å². The lowest BCUT2D eigenvalue weighted by Crippen LogP contribution is -2.24. The summed E-state index contributed by atoms with van der Waals surface area (Å²) in [7, 11) is 0. The van der Waals surface area contributed by atoms with Crippen molar-refractivity contribution in [3.8, 4) is 0 Å². The van der Waals surface area contributed by atoms with Crippen molar-refractivity contribution < 1.29 is 9.18 Å². The van der Waals surface area contributed by atoms with Crippen LogP contribution < -0.4 is 5.73 Å². The molecule has 3 nitrogen and oxygen atoms in total. The first kappa shape index (κ1) is 12.8. The zero-order valence-electron chi connectivity index (χ0n) is 10.9. The Balaban J connectivity index is 2.05. The van der Waals surface area contributed by atoms with Crippen LogP contribution in [0.5, 0.6) is 0 Å². The van der Waals surface area contributed by atoms with Crippen molar-refractivity contribution in [1.82, 2.24) is 4.98 Å². The van der Waals surface area contributed by atoms with Crippen LogP contribution in [0.3, 0.4) is 0 Å². The predicted molar refractivity (Wildman–Crippen MR) is 73.6 cm³/mol. The highest BCUT2D eigenvalue weighted by Gasteiger charge is 2.28. The fourth-order valence-corrected chi connectivity index (χ4v) is 2.46. The van der Waals surface area contributed by atoms with Crippen LogP contribution in [0.15, 0.2) is 42.6 Å². The summed E-state index contributed by atoms with van der Waals surface area (Å²) in [5.41, 5.74) is 7.41. The van der Waals surface area contributed by atoms with Gasteiger partial charge in [0.15, 0.2) is 0 Å². The van der Waals surface area contributed by atoms with Gasteiger partial charge in [0.05, 0.1) is 5.69 Å². The van der Waals surface area contributed by atoms with Crippen molar-refractivity contribution in [1.29, 1.82) is 0 Å². The zero-order chi connectivity index (χ0) is 14.1. The molecule has 1 aromatic heterocycles. The number of nitrogens with zero attached hydrogens (tertiary/aromatic N) is 1. The number of primary amides is 1. The molecule has 0 radical (unpaired) electrons. The molecule has 1 amide bonds. The number of carbonyl (C=O) groups excluding carboxylic acids is 1. The van der Waals surface area contributed by atoms with E-state index in [1.807, 2.05) is 12.1 Å². The number of amides is 1. The SMILES string of the molecule is NC(=O)C(c1cc(C2CC2)ccn1)c1ccccc1F. The first-order chi connectivity index (χ1) is 9.66. The lowest BCUT2D eigenvalue weighted by atomic mass is 9.93. The van der Waals surface area contributed by atoms with Gasteiger partial charge in [0.2, 0.25) is 5.91 Å². The highest BCUT2D eigenvalue weighted by Crippen LogP contribution is 2.40. The number of hydrogen-bond donors (Lipinski definition) is 1. The molecule has 1 aromatic carbocycles. The van der Waals surface area contributed by atoms with E-state index in [9.17, 15) is 9.18 Å². The summed E-state index contributed by atoms with van der Waals surface area (Å²) in [6, 6.07) is 10.0. The van der Waals surface area contributed by atoms with Gasteiger partial charge in [-0.05, 0) is 42.5 Å². The minimum Gasteiger partial charge on any atom is -0.369 e. The molecule has 2 N–H and O–H groups in total. The number of halogens is 1. The van der Waals surface area contributed by atoms with Crippen LogP contribution >= 0.6 is 0 Å². The number of pyridine rings is 1. The van der Waals surface area contributed by atoms with Gasteiger partial charge in [0, 0.05) is 11.8 Å². The maximum atomic E-state index is 13.9. The second-order valence-corrected chi connectivity index (χ2v) is 5.15. The Kier molecular flexibility index (Phi) is 3.22. The first-order valence-corrected chi connectivity index (χ1v) is 6.66. The van der Waals surface area contributed by atoms with Gasteiger partial charge in [-0.3, -0.25) is 9.78 Å². The maximum absolute atomic E-state index is 13.9. The molecule has 0 saturated heterocycles. The Hall–Kier alpha value is -2.23. The van der Waals surface area contributed by atoms with Crippen LogP contribution in [0.25, 0.3) is 0 Å². The number of rotatable bonds is 4. The second kappa shape index (κ2) is 5.04. The van der Waals surface area contributed by atoms with Crippen LogP contribution in [-0.2, 0) is 4.79 Å². The molecule has 0 bridgehead atoms. The molecule has 1 unspecified atom stereocenters. The summed E-state index contributed by atoms with van der Waals surface area (Å²) >= 11 is 0. The number of nitrogens with two attached hydrogens (primary N) is 1. The molecule has 2 aromatic rings. The van der Waals surface area contributed by atoms with Gasteiger partial charge in [-0.25, -0.2) is 4.39 Å². The molecule has 0 aliphatic heterocycles. The summed E-state index contributed by atoms with van der Waals surface area (Å²) < 4.78 is 13.9. The molecule has 1 saturated carbocycles. The molecule has 4 heteroatoms. The maximum Gasteiger partial charge on any atom is 0.231 e. The van der Waals surface area contributed by atoms with Crippen LogP contribution in [0.2, 0.25) is 0 Å². The summed E-state index contributed by atoms with van der Waals surface area (Å²) in [6.45, 7) is 0. The predicted octanol–water partition coefficient (Wildman–Crippen LogP) is 2.72. The van der Waals surface area contributed by atoms with Crippen molar-refractivity contribution in [2.45, 2.75) is 24.7 Å². The van der Waals surface area contributed by atoms with Crippen LogP contribution in [0.4, 0.5) is 4.39 Å². The third-order valence-electron chi connectivity index (χ3n) is 3.65. The lowest BCUT2D eigenvalue weighted by molar-refractivity contribution is -0.118. The van der Waals surface area contributed by atoms with E-state index in [2.05, 4.69) is 4.98 Å². The molecule has 20 heavy (non-hydrogen) atoms. The van der Waals surface area contributed by atoms with Crippen molar-refractivity contribution >= 4 is 5.91 Å². The van der Waals surface area contributed by atoms with Gasteiger partial charge in [0.1, 0.15) is 11.7 Å². The van der Waals surface area contributed by atoms with Crippen molar-refractivity contribution in [2.75, 3.05) is 0 Å². The normalized spacial score (nSPS) is 15.8. The summed E-state index contributed by atoms with van der Waals surface area (Å²) in [4.78, 5) is 16.0. The monoisotopic (exact) mass is 270 g/mol. The average molecular weight is 270 g/mol. The van der Waals surface area contributed by atoms with E-state index in [0.29, 0.717) is 11.6 Å². The lowest BCUT2D eigenvalue weighted by Gasteiger charge is -2.15. The Morgan fingerprint density at radius 2 is 2.05 bits per heavy atom. The van der Waals surface area contributed by atoms with E-state index < -0.39 is 17.6 Å². The third kappa shape index (κ3) is 2.41. The van der Waals surface area contributed by atoms with Gasteiger partial charge >= 0.3 is 0 Å². The molecule has 0 spiro atoms. The third-order valence-corrected chi connectivity index (χ3v) is 3.65. The molecule has 1 aliphatic carbocycles. The Morgan fingerprint density at radius 1 is 1.30 bits per heavy atom. The zero-order valence-corrected chi connectivity index (χ0v) is 10.9. The van der Waals surface area contributed by atoms with Gasteiger partial charge in [-0.1, -0.05) is 18.2 Å². The minimum absolute atomic E-state index is 0.278. The van der Waals surface area contributed by atoms with Crippen molar-refractivity contribution in [3.63, 3.8) is 0 Å². The summed E-state index contributed by atoms with van der Waals surface area (Å²) in [6.07, 6.45) is 3.98. The largest absolute Gasteiger partial charge is 0.369 e. The topological polar surface area (TPSA) is 56.0 Å². The Bertz CT molecular complexity index is 652. The van der Waals surface area contributed by atoms with Crippen LogP contribution in [0.1, 0.15) is 41.5 Å². The van der Waals surface area contributed by atoms with E-state index in [1.165, 1.54) is 6.07 Å². The number of carbonyl (C=O) groups is 1. The van der Waals surface area contributed by atoms with Gasteiger partial charge in [0.25, 0.3) is 0 Å². The second-order valence-electron chi connectivity index (χ2n) is 5.15. The fourth-order valence-electron chi connectivity index (χ4n) is 2.46. The van der Waals surface area contributed by atoms with Gasteiger partial charge in [-0.15, -0.1) is 0 Å². The molecule has 1 atom stereocenters. The highest BCUT2D eigenvalue weighted by molar-refractivity contribution is 5.85. The van der Waals surface area contributed by atoms with E-state index in [0.717, 1.165) is 18.4 Å². The molecule has 3 rings (SSSR count). The smallest absolute Gasteiger partial charge is 0.231 e. The van der Waals surface area contributed by atoms with E-state index >= 15 is 0 Å². The molecular formula is C16H15FN2O. The summed E-state index contributed by atoms with van der Waals surface area (Å²) in [5, 5.41) is 0. The summed E-state index contributed by atoms with van der Waals surface area (Å²) in [5.74, 6) is -1.31. The average Bonchev–Trinajstić information content (AvgIpc) is 3.26.